The summed E-state index contributed by atoms with van der Waals surface area (Å²) < 4.78 is 39.3. The minimum absolute atomic E-state index is 0.0332. The van der Waals surface area contributed by atoms with E-state index in [1.54, 1.807) is 0 Å². The van der Waals surface area contributed by atoms with Crippen molar-refractivity contribution >= 4 is 5.97 Å². The molecular weight excluding hydrogens is 213 g/mol. The summed E-state index contributed by atoms with van der Waals surface area (Å²) in [5.74, 6) is -0.849. The highest BCUT2D eigenvalue weighted by Crippen LogP contribution is 2.49. The number of hydrogen-bond donors (Lipinski definition) is 1. The Labute approximate surface area is 85.2 Å². The van der Waals surface area contributed by atoms with Gasteiger partial charge in [0, 0.05) is 6.61 Å². The molecule has 88 valence electrons. The first-order chi connectivity index (χ1) is 6.86. The van der Waals surface area contributed by atoms with Gasteiger partial charge in [0.2, 0.25) is 0 Å². The number of halogens is 3. The molecule has 0 aromatic carbocycles. The zero-order valence-electron chi connectivity index (χ0n) is 8.14. The second kappa shape index (κ2) is 4.38. The Morgan fingerprint density at radius 1 is 1.40 bits per heavy atom. The molecule has 0 spiro atoms. The number of carboxylic acids is 1. The zero-order chi connectivity index (χ0) is 11.5. The van der Waals surface area contributed by atoms with E-state index in [0.717, 1.165) is 0 Å². The average Bonchev–Trinajstić information content (AvgIpc) is 2.82. The molecule has 0 atom stereocenters. The standard InChI is InChI=1S/C9H13F3O3/c10-9(11,12)6-15-5-1-2-8(3-4-8)7(13)14/h1-6H2,(H,13,14). The molecule has 1 aliphatic rings. The quantitative estimate of drug-likeness (QED) is 0.706. The molecule has 1 rings (SSSR count). The van der Waals surface area contributed by atoms with Crippen molar-refractivity contribution in [3.05, 3.63) is 0 Å². The Bertz CT molecular complexity index is 233. The molecular formula is C9H13F3O3. The number of carbonyl (C=O) groups is 1. The van der Waals surface area contributed by atoms with Gasteiger partial charge in [-0.05, 0) is 25.7 Å². The molecule has 1 fully saturated rings. The van der Waals surface area contributed by atoms with Gasteiger partial charge >= 0.3 is 12.1 Å². The van der Waals surface area contributed by atoms with E-state index in [-0.39, 0.29) is 6.61 Å². The van der Waals surface area contributed by atoms with Crippen LogP contribution in [0.4, 0.5) is 13.2 Å². The van der Waals surface area contributed by atoms with Crippen LogP contribution in [0.3, 0.4) is 0 Å². The molecule has 1 N–H and O–H groups in total. The van der Waals surface area contributed by atoms with Gasteiger partial charge in [0.1, 0.15) is 6.61 Å². The fraction of sp³-hybridized carbons (Fsp3) is 0.889. The zero-order valence-corrected chi connectivity index (χ0v) is 8.14. The number of aliphatic carboxylic acids is 1. The summed E-state index contributed by atoms with van der Waals surface area (Å²) in [6, 6.07) is 0. The predicted octanol–water partition coefficient (Wildman–Crippen LogP) is 2.21. The SMILES string of the molecule is O=C(O)C1(CCCOCC(F)(F)F)CC1. The van der Waals surface area contributed by atoms with Crippen molar-refractivity contribution in [1.82, 2.24) is 0 Å². The van der Waals surface area contributed by atoms with Gasteiger partial charge in [0.05, 0.1) is 5.41 Å². The molecule has 15 heavy (non-hydrogen) atoms. The topological polar surface area (TPSA) is 46.5 Å². The van der Waals surface area contributed by atoms with Crippen LogP contribution in [-0.2, 0) is 9.53 Å². The summed E-state index contributed by atoms with van der Waals surface area (Å²) in [6.07, 6.45) is -2.28. The molecule has 0 bridgehead atoms. The Morgan fingerprint density at radius 3 is 2.40 bits per heavy atom. The third kappa shape index (κ3) is 4.07. The van der Waals surface area contributed by atoms with Crippen LogP contribution in [0.15, 0.2) is 0 Å². The van der Waals surface area contributed by atoms with Crippen LogP contribution < -0.4 is 0 Å². The van der Waals surface area contributed by atoms with Gasteiger partial charge in [-0.3, -0.25) is 4.79 Å². The van der Waals surface area contributed by atoms with Crippen molar-refractivity contribution in [2.24, 2.45) is 5.41 Å². The van der Waals surface area contributed by atoms with Crippen molar-refractivity contribution < 1.29 is 27.8 Å². The van der Waals surface area contributed by atoms with Crippen LogP contribution in [0.5, 0.6) is 0 Å². The van der Waals surface area contributed by atoms with Gasteiger partial charge in [-0.25, -0.2) is 0 Å². The maximum Gasteiger partial charge on any atom is 0.411 e. The average molecular weight is 226 g/mol. The van der Waals surface area contributed by atoms with Crippen molar-refractivity contribution in [2.45, 2.75) is 31.9 Å². The smallest absolute Gasteiger partial charge is 0.411 e. The van der Waals surface area contributed by atoms with E-state index in [1.165, 1.54) is 0 Å². The first kappa shape index (κ1) is 12.3. The Morgan fingerprint density at radius 2 is 2.00 bits per heavy atom. The molecule has 1 aliphatic carbocycles. The Kier molecular flexibility index (Phi) is 3.59. The molecule has 0 aromatic heterocycles. The molecule has 0 heterocycles. The van der Waals surface area contributed by atoms with Gasteiger partial charge in [0.15, 0.2) is 0 Å². The lowest BCUT2D eigenvalue weighted by atomic mass is 10.0. The molecule has 1 saturated carbocycles. The molecule has 3 nitrogen and oxygen atoms in total. The lowest BCUT2D eigenvalue weighted by Crippen LogP contribution is -2.19. The highest BCUT2D eigenvalue weighted by molar-refractivity contribution is 5.77. The van der Waals surface area contributed by atoms with E-state index >= 15 is 0 Å². The van der Waals surface area contributed by atoms with Crippen LogP contribution in [0, 0.1) is 5.41 Å². The number of carboxylic acid groups (broad SMARTS) is 1. The molecule has 0 amide bonds. The summed E-state index contributed by atoms with van der Waals surface area (Å²) in [4.78, 5) is 10.7. The molecule has 0 aromatic rings. The van der Waals surface area contributed by atoms with Gasteiger partial charge in [-0.15, -0.1) is 0 Å². The second-order valence-corrected chi connectivity index (χ2v) is 3.86. The van der Waals surface area contributed by atoms with E-state index < -0.39 is 24.2 Å². The van der Waals surface area contributed by atoms with Crippen LogP contribution in [0.2, 0.25) is 0 Å². The summed E-state index contributed by atoms with van der Waals surface area (Å²) in [7, 11) is 0. The number of ether oxygens (including phenoxy) is 1. The number of rotatable bonds is 6. The molecule has 0 saturated heterocycles. The maximum absolute atomic E-state index is 11.6. The van der Waals surface area contributed by atoms with Gasteiger partial charge in [0.25, 0.3) is 0 Å². The van der Waals surface area contributed by atoms with E-state index in [1.807, 2.05) is 0 Å². The van der Waals surface area contributed by atoms with E-state index in [2.05, 4.69) is 4.74 Å². The van der Waals surface area contributed by atoms with Crippen molar-refractivity contribution in [3.8, 4) is 0 Å². The highest BCUT2D eigenvalue weighted by Gasteiger charge is 2.49. The van der Waals surface area contributed by atoms with E-state index in [9.17, 15) is 18.0 Å². The summed E-state index contributed by atoms with van der Waals surface area (Å²) in [5, 5.41) is 8.77. The molecule has 0 radical (unpaired) electrons. The summed E-state index contributed by atoms with van der Waals surface area (Å²) >= 11 is 0. The Balaban J connectivity index is 2.05. The molecule has 0 aliphatic heterocycles. The monoisotopic (exact) mass is 226 g/mol. The normalized spacial score (nSPS) is 18.9. The summed E-state index contributed by atoms with van der Waals surface area (Å²) in [5.41, 5.74) is -0.665. The van der Waals surface area contributed by atoms with Crippen molar-refractivity contribution in [1.29, 1.82) is 0 Å². The van der Waals surface area contributed by atoms with Gasteiger partial charge in [-0.2, -0.15) is 13.2 Å². The van der Waals surface area contributed by atoms with Crippen LogP contribution >= 0.6 is 0 Å². The van der Waals surface area contributed by atoms with E-state index in [0.29, 0.717) is 25.7 Å². The maximum atomic E-state index is 11.6. The van der Waals surface area contributed by atoms with Crippen LogP contribution in [0.1, 0.15) is 25.7 Å². The summed E-state index contributed by atoms with van der Waals surface area (Å²) in [6.45, 7) is -1.29. The largest absolute Gasteiger partial charge is 0.481 e. The van der Waals surface area contributed by atoms with Crippen LogP contribution in [-0.4, -0.2) is 30.5 Å². The molecule has 6 heteroatoms. The number of hydrogen-bond acceptors (Lipinski definition) is 2. The Hall–Kier alpha value is -0.780. The predicted molar refractivity (Wildman–Crippen MR) is 45.4 cm³/mol. The fourth-order valence-electron chi connectivity index (χ4n) is 1.42. The van der Waals surface area contributed by atoms with Crippen molar-refractivity contribution in [3.63, 3.8) is 0 Å². The van der Waals surface area contributed by atoms with Crippen LogP contribution in [0.25, 0.3) is 0 Å². The van der Waals surface area contributed by atoms with Gasteiger partial charge < -0.3 is 9.84 Å². The minimum Gasteiger partial charge on any atom is -0.481 e. The number of alkyl halides is 3. The fourth-order valence-corrected chi connectivity index (χ4v) is 1.42. The highest BCUT2D eigenvalue weighted by atomic mass is 19.4. The third-order valence-corrected chi connectivity index (χ3v) is 2.52. The third-order valence-electron chi connectivity index (χ3n) is 2.52. The second-order valence-electron chi connectivity index (χ2n) is 3.86. The minimum atomic E-state index is -4.30. The van der Waals surface area contributed by atoms with Crippen molar-refractivity contribution in [2.75, 3.05) is 13.2 Å². The first-order valence-corrected chi connectivity index (χ1v) is 4.74. The molecule has 0 unspecified atom stereocenters. The lowest BCUT2D eigenvalue weighted by molar-refractivity contribution is -0.174. The lowest BCUT2D eigenvalue weighted by Gasteiger charge is -2.10. The van der Waals surface area contributed by atoms with E-state index in [4.69, 9.17) is 5.11 Å². The van der Waals surface area contributed by atoms with Gasteiger partial charge in [-0.1, -0.05) is 0 Å². The first-order valence-electron chi connectivity index (χ1n) is 4.74.